The molecule has 0 atom stereocenters. The third-order valence-electron chi connectivity index (χ3n) is 4.94. The van der Waals surface area contributed by atoms with E-state index in [9.17, 15) is 4.79 Å². The second-order valence-electron chi connectivity index (χ2n) is 6.63. The summed E-state index contributed by atoms with van der Waals surface area (Å²) < 4.78 is 5.83. The molecular weight excluding hydrogens is 350 g/mol. The van der Waals surface area contributed by atoms with Crippen LogP contribution in [0, 0.1) is 12.8 Å². The number of oxazole rings is 1. The largest absolute Gasteiger partial charge is 0.423 e. The maximum Gasteiger partial charge on any atom is 0.298 e. The van der Waals surface area contributed by atoms with Crippen LogP contribution in [-0.4, -0.2) is 24.0 Å². The Morgan fingerprint density at radius 1 is 1.19 bits per heavy atom. The predicted octanol–water partition coefficient (Wildman–Crippen LogP) is 4.64. The van der Waals surface area contributed by atoms with Gasteiger partial charge < -0.3 is 14.6 Å². The summed E-state index contributed by atoms with van der Waals surface area (Å²) in [4.78, 5) is 19.2. The number of halogens is 1. The lowest BCUT2D eigenvalue weighted by Crippen LogP contribution is -2.38. The number of hydrogen-bond acceptors (Lipinski definition) is 4. The van der Waals surface area contributed by atoms with Gasteiger partial charge in [0.25, 0.3) is 6.01 Å². The van der Waals surface area contributed by atoms with E-state index in [1.807, 2.05) is 49.4 Å². The van der Waals surface area contributed by atoms with Gasteiger partial charge in [0.15, 0.2) is 5.58 Å². The van der Waals surface area contributed by atoms with Gasteiger partial charge in [-0.15, -0.1) is 0 Å². The lowest BCUT2D eigenvalue weighted by atomic mass is 9.96. The zero-order valence-corrected chi connectivity index (χ0v) is 15.3. The third-order valence-corrected chi connectivity index (χ3v) is 5.35. The van der Waals surface area contributed by atoms with E-state index in [2.05, 4.69) is 15.2 Å². The van der Waals surface area contributed by atoms with Crippen molar-refractivity contribution in [2.45, 2.75) is 19.8 Å². The fourth-order valence-electron chi connectivity index (χ4n) is 3.31. The standard InChI is InChI=1S/C20H20ClN3O2/c1-13-15(21)5-4-7-16(13)22-19(25)14-9-11-24(12-10-14)20-23-17-6-2-3-8-18(17)26-20/h2-8,14H,9-12H2,1H3,(H,22,25). The molecule has 134 valence electrons. The summed E-state index contributed by atoms with van der Waals surface area (Å²) in [7, 11) is 0. The smallest absolute Gasteiger partial charge is 0.298 e. The van der Waals surface area contributed by atoms with Crippen LogP contribution in [0.1, 0.15) is 18.4 Å². The van der Waals surface area contributed by atoms with E-state index in [4.69, 9.17) is 16.0 Å². The first-order valence-electron chi connectivity index (χ1n) is 8.78. The van der Waals surface area contributed by atoms with Crippen LogP contribution < -0.4 is 10.2 Å². The Morgan fingerprint density at radius 2 is 1.96 bits per heavy atom. The molecule has 1 fully saturated rings. The molecule has 0 bridgehead atoms. The Morgan fingerprint density at radius 3 is 2.73 bits per heavy atom. The Balaban J connectivity index is 1.40. The van der Waals surface area contributed by atoms with Crippen molar-refractivity contribution >= 4 is 40.3 Å². The Kier molecular flexibility index (Phi) is 4.55. The van der Waals surface area contributed by atoms with E-state index >= 15 is 0 Å². The number of rotatable bonds is 3. The van der Waals surface area contributed by atoms with Gasteiger partial charge >= 0.3 is 0 Å². The molecule has 0 aliphatic carbocycles. The molecule has 1 aromatic heterocycles. The molecule has 2 aromatic carbocycles. The molecule has 1 amide bonds. The number of carbonyl (C=O) groups is 1. The van der Waals surface area contributed by atoms with Gasteiger partial charge in [0.05, 0.1) is 0 Å². The molecule has 0 radical (unpaired) electrons. The summed E-state index contributed by atoms with van der Waals surface area (Å²) in [6.07, 6.45) is 1.54. The van der Waals surface area contributed by atoms with Crippen molar-refractivity contribution in [1.29, 1.82) is 0 Å². The van der Waals surface area contributed by atoms with Crippen molar-refractivity contribution in [1.82, 2.24) is 4.98 Å². The fourth-order valence-corrected chi connectivity index (χ4v) is 3.48. The van der Waals surface area contributed by atoms with Crippen molar-refractivity contribution < 1.29 is 9.21 Å². The van der Waals surface area contributed by atoms with Crippen LogP contribution in [0.3, 0.4) is 0 Å². The molecule has 1 N–H and O–H groups in total. The van der Waals surface area contributed by atoms with Crippen LogP contribution in [0.4, 0.5) is 11.7 Å². The first kappa shape index (κ1) is 16.9. The van der Waals surface area contributed by atoms with E-state index < -0.39 is 0 Å². The lowest BCUT2D eigenvalue weighted by Gasteiger charge is -2.30. The second-order valence-corrected chi connectivity index (χ2v) is 7.03. The van der Waals surface area contributed by atoms with Crippen LogP contribution in [0.25, 0.3) is 11.1 Å². The number of fused-ring (bicyclic) bond motifs is 1. The number of carbonyl (C=O) groups excluding carboxylic acids is 1. The molecule has 4 rings (SSSR count). The molecule has 1 saturated heterocycles. The van der Waals surface area contributed by atoms with E-state index in [1.165, 1.54) is 0 Å². The van der Waals surface area contributed by atoms with Crippen LogP contribution in [0.5, 0.6) is 0 Å². The highest BCUT2D eigenvalue weighted by molar-refractivity contribution is 6.31. The highest BCUT2D eigenvalue weighted by Crippen LogP contribution is 2.28. The van der Waals surface area contributed by atoms with Gasteiger partial charge in [-0.25, -0.2) is 0 Å². The number of benzene rings is 2. The minimum atomic E-state index is -0.0194. The molecule has 6 heteroatoms. The average molecular weight is 370 g/mol. The predicted molar refractivity (Wildman–Crippen MR) is 104 cm³/mol. The fraction of sp³-hybridized carbons (Fsp3) is 0.300. The van der Waals surface area contributed by atoms with Crippen LogP contribution in [0.15, 0.2) is 46.9 Å². The monoisotopic (exact) mass is 369 g/mol. The summed E-state index contributed by atoms with van der Waals surface area (Å²) in [6.45, 7) is 3.41. The zero-order valence-electron chi connectivity index (χ0n) is 14.5. The Bertz CT molecular complexity index is 912. The third kappa shape index (κ3) is 3.27. The summed E-state index contributed by atoms with van der Waals surface area (Å²) in [5.74, 6) is 0.0293. The maximum absolute atomic E-state index is 12.6. The number of hydrogen-bond donors (Lipinski definition) is 1. The second kappa shape index (κ2) is 7.00. The normalized spacial score (nSPS) is 15.4. The number of amides is 1. The van der Waals surface area contributed by atoms with Crippen molar-refractivity contribution in [2.75, 3.05) is 23.3 Å². The first-order valence-corrected chi connectivity index (χ1v) is 9.16. The molecule has 5 nitrogen and oxygen atoms in total. The van der Waals surface area contributed by atoms with Gasteiger partial charge in [0.1, 0.15) is 5.52 Å². The SMILES string of the molecule is Cc1c(Cl)cccc1NC(=O)C1CCN(c2nc3ccccc3o2)CC1. The highest BCUT2D eigenvalue weighted by Gasteiger charge is 2.27. The van der Waals surface area contributed by atoms with Crippen molar-refractivity contribution in [2.24, 2.45) is 5.92 Å². The van der Waals surface area contributed by atoms with E-state index in [0.29, 0.717) is 11.0 Å². The maximum atomic E-state index is 12.6. The zero-order chi connectivity index (χ0) is 18.1. The summed E-state index contributed by atoms with van der Waals surface area (Å²) in [6, 6.07) is 13.9. The lowest BCUT2D eigenvalue weighted by molar-refractivity contribution is -0.120. The molecule has 1 aliphatic rings. The van der Waals surface area contributed by atoms with E-state index in [1.54, 1.807) is 0 Å². The number of nitrogens with zero attached hydrogens (tertiary/aromatic N) is 2. The van der Waals surface area contributed by atoms with E-state index in [0.717, 1.165) is 48.3 Å². The van der Waals surface area contributed by atoms with Crippen LogP contribution >= 0.6 is 11.6 Å². The molecular formula is C20H20ClN3O2. The average Bonchev–Trinajstić information content (AvgIpc) is 3.10. The van der Waals surface area contributed by atoms with E-state index in [-0.39, 0.29) is 11.8 Å². The molecule has 0 spiro atoms. The van der Waals surface area contributed by atoms with Gasteiger partial charge in [0, 0.05) is 29.7 Å². The summed E-state index contributed by atoms with van der Waals surface area (Å²) in [5, 5.41) is 3.68. The highest BCUT2D eigenvalue weighted by atomic mass is 35.5. The van der Waals surface area contributed by atoms with Gasteiger partial charge in [-0.2, -0.15) is 4.98 Å². The molecule has 3 aromatic rings. The Labute approximate surface area is 157 Å². The summed E-state index contributed by atoms with van der Waals surface area (Å²) in [5.41, 5.74) is 3.33. The van der Waals surface area contributed by atoms with Crippen LogP contribution in [0.2, 0.25) is 5.02 Å². The number of aromatic nitrogens is 1. The summed E-state index contributed by atoms with van der Waals surface area (Å²) >= 11 is 6.13. The number of para-hydroxylation sites is 2. The van der Waals surface area contributed by atoms with Gasteiger partial charge in [-0.05, 0) is 49.6 Å². The molecule has 2 heterocycles. The topological polar surface area (TPSA) is 58.4 Å². The molecule has 0 saturated carbocycles. The van der Waals surface area contributed by atoms with Gasteiger partial charge in [0.2, 0.25) is 5.91 Å². The number of nitrogens with one attached hydrogen (secondary N) is 1. The number of anilines is 2. The Hall–Kier alpha value is -2.53. The quantitative estimate of drug-likeness (QED) is 0.730. The van der Waals surface area contributed by atoms with Crippen LogP contribution in [-0.2, 0) is 4.79 Å². The van der Waals surface area contributed by atoms with Crippen molar-refractivity contribution in [3.8, 4) is 0 Å². The molecule has 0 unspecified atom stereocenters. The van der Waals surface area contributed by atoms with Gasteiger partial charge in [-0.3, -0.25) is 4.79 Å². The number of piperidine rings is 1. The minimum Gasteiger partial charge on any atom is -0.423 e. The minimum absolute atomic E-state index is 0.0194. The van der Waals surface area contributed by atoms with Crippen molar-refractivity contribution in [3.63, 3.8) is 0 Å². The van der Waals surface area contributed by atoms with Gasteiger partial charge in [-0.1, -0.05) is 29.8 Å². The molecule has 1 aliphatic heterocycles. The molecule has 26 heavy (non-hydrogen) atoms. The van der Waals surface area contributed by atoms with Crippen molar-refractivity contribution in [3.05, 3.63) is 53.1 Å². The first-order chi connectivity index (χ1) is 12.6.